The first-order valence-corrected chi connectivity index (χ1v) is 6.18. The molecule has 1 aliphatic rings. The van der Waals surface area contributed by atoms with E-state index in [4.69, 9.17) is 10.5 Å². The first kappa shape index (κ1) is 12.9. The molecule has 4 N–H and O–H groups in total. The minimum Gasteiger partial charge on any atom is -0.379 e. The van der Waals surface area contributed by atoms with Crippen LogP contribution in [0.15, 0.2) is 24.3 Å². The summed E-state index contributed by atoms with van der Waals surface area (Å²) in [6.45, 7) is 2.39. The largest absolute Gasteiger partial charge is 0.379 e. The summed E-state index contributed by atoms with van der Waals surface area (Å²) >= 11 is 0. The van der Waals surface area contributed by atoms with E-state index >= 15 is 0 Å². The lowest BCUT2D eigenvalue weighted by molar-refractivity contribution is 0.188. The molecule has 0 radical (unpaired) electrons. The molecule has 0 aliphatic carbocycles. The van der Waals surface area contributed by atoms with Gasteiger partial charge < -0.3 is 21.1 Å². The Labute approximate surface area is 107 Å². The van der Waals surface area contributed by atoms with Gasteiger partial charge in [0.25, 0.3) is 0 Å². The van der Waals surface area contributed by atoms with Gasteiger partial charge in [0.2, 0.25) is 0 Å². The second-order valence-electron chi connectivity index (χ2n) is 4.41. The summed E-state index contributed by atoms with van der Waals surface area (Å²) < 4.78 is 5.19. The fraction of sp³-hybridized carbons (Fsp3) is 0.462. The van der Waals surface area contributed by atoms with Crippen LogP contribution in [-0.4, -0.2) is 25.3 Å². The molecule has 1 unspecified atom stereocenters. The van der Waals surface area contributed by atoms with Crippen molar-refractivity contribution >= 4 is 6.03 Å². The summed E-state index contributed by atoms with van der Waals surface area (Å²) in [5.74, 6) is 0. The fourth-order valence-electron chi connectivity index (χ4n) is 1.86. The minimum atomic E-state index is -0.145. The van der Waals surface area contributed by atoms with Gasteiger partial charge in [0.1, 0.15) is 0 Å². The van der Waals surface area contributed by atoms with Gasteiger partial charge in [0.15, 0.2) is 0 Å². The molecule has 1 aliphatic heterocycles. The van der Waals surface area contributed by atoms with Crippen molar-refractivity contribution in [3.05, 3.63) is 35.4 Å². The molecule has 0 spiro atoms. The van der Waals surface area contributed by atoms with E-state index in [2.05, 4.69) is 10.6 Å². The topological polar surface area (TPSA) is 76.4 Å². The number of nitrogens with one attached hydrogen (secondary N) is 2. The van der Waals surface area contributed by atoms with Crippen molar-refractivity contribution in [2.24, 2.45) is 5.73 Å². The van der Waals surface area contributed by atoms with Gasteiger partial charge in [-0.1, -0.05) is 24.3 Å². The molecule has 1 saturated heterocycles. The van der Waals surface area contributed by atoms with E-state index in [-0.39, 0.29) is 12.1 Å². The zero-order valence-electron chi connectivity index (χ0n) is 10.3. The quantitative estimate of drug-likeness (QED) is 0.736. The van der Waals surface area contributed by atoms with Crippen molar-refractivity contribution in [2.75, 3.05) is 13.2 Å². The summed E-state index contributed by atoms with van der Waals surface area (Å²) in [7, 11) is 0. The van der Waals surface area contributed by atoms with Crippen molar-refractivity contribution in [3.63, 3.8) is 0 Å². The number of nitrogens with two attached hydrogens (primary N) is 1. The van der Waals surface area contributed by atoms with Crippen molar-refractivity contribution in [3.8, 4) is 0 Å². The molecule has 1 fully saturated rings. The van der Waals surface area contributed by atoms with Crippen LogP contribution in [0.5, 0.6) is 0 Å². The maximum atomic E-state index is 11.6. The van der Waals surface area contributed by atoms with Gasteiger partial charge in [0, 0.05) is 19.7 Å². The third-order valence-electron chi connectivity index (χ3n) is 2.98. The second kappa shape index (κ2) is 6.37. The standard InChI is InChI=1S/C13H19N3O2/c14-7-10-1-3-11(4-2-10)8-15-13(17)16-12-5-6-18-9-12/h1-4,12H,5-9,14H2,(H2,15,16,17). The highest BCUT2D eigenvalue weighted by Gasteiger charge is 2.17. The molecule has 5 heteroatoms. The Kier molecular flexibility index (Phi) is 4.55. The summed E-state index contributed by atoms with van der Waals surface area (Å²) in [5, 5.41) is 5.70. The van der Waals surface area contributed by atoms with Crippen LogP contribution in [0.25, 0.3) is 0 Å². The Morgan fingerprint density at radius 1 is 1.33 bits per heavy atom. The molecule has 0 saturated carbocycles. The third-order valence-corrected chi connectivity index (χ3v) is 2.98. The van der Waals surface area contributed by atoms with Crippen LogP contribution >= 0.6 is 0 Å². The smallest absolute Gasteiger partial charge is 0.315 e. The molecule has 98 valence electrons. The molecular formula is C13H19N3O2. The molecule has 1 heterocycles. The van der Waals surface area contributed by atoms with Crippen molar-refractivity contribution in [1.29, 1.82) is 0 Å². The first-order chi connectivity index (χ1) is 8.78. The number of urea groups is 1. The monoisotopic (exact) mass is 249 g/mol. The molecule has 0 bridgehead atoms. The van der Waals surface area contributed by atoms with Crippen LogP contribution in [0, 0.1) is 0 Å². The SMILES string of the molecule is NCc1ccc(CNC(=O)NC2CCOC2)cc1. The lowest BCUT2D eigenvalue weighted by Crippen LogP contribution is -2.42. The number of carbonyl (C=O) groups excluding carboxylic acids is 1. The Hall–Kier alpha value is -1.59. The summed E-state index contributed by atoms with van der Waals surface area (Å²) in [6, 6.07) is 7.89. The normalized spacial score (nSPS) is 18.6. The highest BCUT2D eigenvalue weighted by molar-refractivity contribution is 5.74. The van der Waals surface area contributed by atoms with Gasteiger partial charge in [-0.05, 0) is 17.5 Å². The zero-order valence-corrected chi connectivity index (χ0v) is 10.3. The molecule has 2 amide bonds. The average molecular weight is 249 g/mol. The second-order valence-corrected chi connectivity index (χ2v) is 4.41. The number of ether oxygens (including phenoxy) is 1. The Morgan fingerprint density at radius 3 is 2.67 bits per heavy atom. The molecular weight excluding hydrogens is 230 g/mol. The maximum absolute atomic E-state index is 11.6. The van der Waals surface area contributed by atoms with E-state index < -0.39 is 0 Å². The van der Waals surface area contributed by atoms with Crippen LogP contribution in [0.2, 0.25) is 0 Å². The van der Waals surface area contributed by atoms with E-state index in [0.717, 1.165) is 24.2 Å². The van der Waals surface area contributed by atoms with Crippen LogP contribution < -0.4 is 16.4 Å². The predicted octanol–water partition coefficient (Wildman–Crippen LogP) is 0.733. The van der Waals surface area contributed by atoms with E-state index in [1.54, 1.807) is 0 Å². The lowest BCUT2D eigenvalue weighted by Gasteiger charge is -2.12. The highest BCUT2D eigenvalue weighted by atomic mass is 16.5. The molecule has 18 heavy (non-hydrogen) atoms. The minimum absolute atomic E-state index is 0.143. The molecule has 1 aromatic carbocycles. The van der Waals surface area contributed by atoms with Gasteiger partial charge >= 0.3 is 6.03 Å². The molecule has 1 aromatic rings. The van der Waals surface area contributed by atoms with Crippen LogP contribution in [0.4, 0.5) is 4.79 Å². The Morgan fingerprint density at radius 2 is 2.06 bits per heavy atom. The van der Waals surface area contributed by atoms with Crippen molar-refractivity contribution in [2.45, 2.75) is 25.6 Å². The Balaban J connectivity index is 1.74. The Bertz CT molecular complexity index is 386. The zero-order chi connectivity index (χ0) is 12.8. The third kappa shape index (κ3) is 3.72. The molecule has 1 atom stereocenters. The molecule has 0 aromatic heterocycles. The number of benzene rings is 1. The van der Waals surface area contributed by atoms with Crippen LogP contribution in [0.1, 0.15) is 17.5 Å². The van der Waals surface area contributed by atoms with E-state index in [0.29, 0.717) is 19.7 Å². The van der Waals surface area contributed by atoms with Crippen molar-refractivity contribution in [1.82, 2.24) is 10.6 Å². The van der Waals surface area contributed by atoms with Gasteiger partial charge in [-0.25, -0.2) is 4.79 Å². The molecule has 2 rings (SSSR count). The number of amides is 2. The van der Waals surface area contributed by atoms with Crippen molar-refractivity contribution < 1.29 is 9.53 Å². The van der Waals surface area contributed by atoms with Gasteiger partial charge in [0.05, 0.1) is 12.6 Å². The number of hydrogen-bond acceptors (Lipinski definition) is 3. The predicted molar refractivity (Wildman–Crippen MR) is 68.9 cm³/mol. The van der Waals surface area contributed by atoms with Gasteiger partial charge in [-0.3, -0.25) is 0 Å². The van der Waals surface area contributed by atoms with Crippen LogP contribution in [-0.2, 0) is 17.8 Å². The summed E-state index contributed by atoms with van der Waals surface area (Å²) in [6.07, 6.45) is 0.888. The summed E-state index contributed by atoms with van der Waals surface area (Å²) in [5.41, 5.74) is 7.67. The first-order valence-electron chi connectivity index (χ1n) is 6.18. The summed E-state index contributed by atoms with van der Waals surface area (Å²) in [4.78, 5) is 11.6. The fourth-order valence-corrected chi connectivity index (χ4v) is 1.86. The van der Waals surface area contributed by atoms with Gasteiger partial charge in [-0.2, -0.15) is 0 Å². The van der Waals surface area contributed by atoms with Gasteiger partial charge in [-0.15, -0.1) is 0 Å². The molecule has 5 nitrogen and oxygen atoms in total. The van der Waals surface area contributed by atoms with E-state index in [1.807, 2.05) is 24.3 Å². The number of rotatable bonds is 4. The maximum Gasteiger partial charge on any atom is 0.315 e. The van der Waals surface area contributed by atoms with Crippen LogP contribution in [0.3, 0.4) is 0 Å². The lowest BCUT2D eigenvalue weighted by atomic mass is 10.1. The highest BCUT2D eigenvalue weighted by Crippen LogP contribution is 2.04. The van der Waals surface area contributed by atoms with E-state index in [9.17, 15) is 4.79 Å². The number of hydrogen-bond donors (Lipinski definition) is 3. The number of carbonyl (C=O) groups is 1. The van der Waals surface area contributed by atoms with E-state index in [1.165, 1.54) is 0 Å². The average Bonchev–Trinajstić information content (AvgIpc) is 2.90.